The fourth-order valence-electron chi connectivity index (χ4n) is 1.68. The van der Waals surface area contributed by atoms with Gasteiger partial charge in [-0.3, -0.25) is 9.69 Å². The molecule has 0 spiro atoms. The highest BCUT2D eigenvalue weighted by molar-refractivity contribution is 6.54. The molecular weight excluding hydrogens is 277 g/mol. The number of nitrogens with zero attached hydrogens (tertiary/aromatic N) is 1. The highest BCUT2D eigenvalue weighted by Gasteiger charge is 2.33. The molecule has 1 aromatic rings. The van der Waals surface area contributed by atoms with E-state index in [1.54, 1.807) is 37.3 Å². The average molecular weight is 290 g/mol. The smallest absolute Gasteiger partial charge is 0.408 e. The van der Waals surface area contributed by atoms with Crippen molar-refractivity contribution in [3.05, 3.63) is 35.9 Å². The Morgan fingerprint density at radius 2 is 1.83 bits per heavy atom. The molecule has 0 aromatic heterocycles. The molecule has 0 aliphatic carbocycles. The van der Waals surface area contributed by atoms with Gasteiger partial charge in [-0.2, -0.15) is 0 Å². The second-order valence-electron chi connectivity index (χ2n) is 3.58. The summed E-state index contributed by atoms with van der Waals surface area (Å²) >= 11 is 11.1. The lowest BCUT2D eigenvalue weighted by Crippen LogP contribution is -2.39. The number of amides is 1. The van der Waals surface area contributed by atoms with Crippen molar-refractivity contribution in [3.63, 3.8) is 0 Å². The van der Waals surface area contributed by atoms with Crippen molar-refractivity contribution in [3.8, 4) is 0 Å². The van der Waals surface area contributed by atoms with Gasteiger partial charge in [-0.05, 0) is 12.5 Å². The van der Waals surface area contributed by atoms with Crippen molar-refractivity contribution in [2.45, 2.75) is 17.8 Å². The molecule has 1 aromatic carbocycles. The summed E-state index contributed by atoms with van der Waals surface area (Å²) < 4.78 is 0. The van der Waals surface area contributed by atoms with Gasteiger partial charge in [0, 0.05) is 6.54 Å². The molecule has 1 amide bonds. The van der Waals surface area contributed by atoms with Crippen LogP contribution >= 0.6 is 23.2 Å². The molecule has 0 radical (unpaired) electrons. The number of ketones is 1. The molecule has 18 heavy (non-hydrogen) atoms. The van der Waals surface area contributed by atoms with Crippen LogP contribution in [0.5, 0.6) is 0 Å². The van der Waals surface area contributed by atoms with E-state index in [-0.39, 0.29) is 6.54 Å². The van der Waals surface area contributed by atoms with Gasteiger partial charge in [0.15, 0.2) is 10.6 Å². The fourth-order valence-corrected chi connectivity index (χ4v) is 1.92. The average Bonchev–Trinajstić information content (AvgIpc) is 2.35. The largest absolute Gasteiger partial charge is 0.465 e. The maximum atomic E-state index is 12.0. The zero-order valence-electron chi connectivity index (χ0n) is 9.72. The maximum Gasteiger partial charge on any atom is 0.408 e. The minimum atomic E-state index is -1.26. The number of Topliss-reactive ketones (excluding diaryl/α,β-unsaturated/α-hetero) is 1. The van der Waals surface area contributed by atoms with E-state index in [9.17, 15) is 9.59 Å². The molecule has 0 heterocycles. The topological polar surface area (TPSA) is 57.6 Å². The molecule has 6 heteroatoms. The van der Waals surface area contributed by atoms with Gasteiger partial charge >= 0.3 is 6.09 Å². The Kier molecular flexibility index (Phi) is 5.44. The SMILES string of the molecule is CCN(C(=O)O)[C@@H](C(=O)C(Cl)Cl)c1ccccc1. The number of halogens is 2. The van der Waals surface area contributed by atoms with Gasteiger partial charge in [0.1, 0.15) is 6.04 Å². The molecule has 0 saturated heterocycles. The van der Waals surface area contributed by atoms with Crippen molar-refractivity contribution in [2.75, 3.05) is 6.54 Å². The predicted octanol–water partition coefficient (Wildman–Crippen LogP) is 3.10. The zero-order valence-corrected chi connectivity index (χ0v) is 11.2. The molecule has 0 aliphatic rings. The van der Waals surface area contributed by atoms with Crippen molar-refractivity contribution in [1.29, 1.82) is 0 Å². The van der Waals surface area contributed by atoms with Crippen molar-refractivity contribution in [1.82, 2.24) is 4.90 Å². The van der Waals surface area contributed by atoms with E-state index >= 15 is 0 Å². The van der Waals surface area contributed by atoms with E-state index in [1.165, 1.54) is 0 Å². The van der Waals surface area contributed by atoms with Gasteiger partial charge in [-0.1, -0.05) is 53.5 Å². The lowest BCUT2D eigenvalue weighted by atomic mass is 10.0. The monoisotopic (exact) mass is 289 g/mol. The van der Waals surface area contributed by atoms with Gasteiger partial charge in [0.05, 0.1) is 0 Å². The third kappa shape index (κ3) is 3.37. The summed E-state index contributed by atoms with van der Waals surface area (Å²) in [6.45, 7) is 1.82. The summed E-state index contributed by atoms with van der Waals surface area (Å²) in [5.74, 6) is -0.547. The maximum absolute atomic E-state index is 12.0. The summed E-state index contributed by atoms with van der Waals surface area (Å²) in [6, 6.07) is 7.59. The summed E-state index contributed by atoms with van der Waals surface area (Å²) in [7, 11) is 0. The van der Waals surface area contributed by atoms with Gasteiger partial charge in [-0.15, -0.1) is 0 Å². The molecule has 0 aliphatic heterocycles. The number of hydrogen-bond donors (Lipinski definition) is 1. The number of carbonyl (C=O) groups excluding carboxylic acids is 1. The lowest BCUT2D eigenvalue weighted by molar-refractivity contribution is -0.122. The molecule has 1 rings (SSSR count). The fraction of sp³-hybridized carbons (Fsp3) is 0.333. The van der Waals surface area contributed by atoms with E-state index in [4.69, 9.17) is 28.3 Å². The standard InChI is InChI=1S/C12H13Cl2NO3/c1-2-15(12(17)18)9(10(16)11(13)14)8-6-4-3-5-7-8/h3-7,9,11H,2H2,1H3,(H,17,18)/t9-/m1/s1. The van der Waals surface area contributed by atoms with Crippen LogP contribution in [0.2, 0.25) is 0 Å². The summed E-state index contributed by atoms with van der Waals surface area (Å²) in [6.07, 6.45) is -1.19. The summed E-state index contributed by atoms with van der Waals surface area (Å²) in [5.41, 5.74) is 0.554. The predicted molar refractivity (Wildman–Crippen MR) is 70.1 cm³/mol. The Morgan fingerprint density at radius 3 is 2.22 bits per heavy atom. The van der Waals surface area contributed by atoms with Gasteiger partial charge in [0.25, 0.3) is 0 Å². The first-order valence-corrected chi connectivity index (χ1v) is 6.22. The number of carbonyl (C=O) groups is 2. The third-order valence-electron chi connectivity index (χ3n) is 2.50. The highest BCUT2D eigenvalue weighted by Crippen LogP contribution is 2.25. The number of rotatable bonds is 5. The van der Waals surface area contributed by atoms with Crippen LogP contribution in [0.15, 0.2) is 30.3 Å². The molecule has 4 nitrogen and oxygen atoms in total. The van der Waals surface area contributed by atoms with Crippen LogP contribution in [0, 0.1) is 0 Å². The second kappa shape index (κ2) is 6.61. The first-order valence-electron chi connectivity index (χ1n) is 5.35. The Balaban J connectivity index is 3.18. The van der Waals surface area contributed by atoms with Crippen molar-refractivity contribution in [2.24, 2.45) is 0 Å². The van der Waals surface area contributed by atoms with Crippen LogP contribution < -0.4 is 0 Å². The van der Waals surface area contributed by atoms with E-state index in [1.807, 2.05) is 0 Å². The van der Waals surface area contributed by atoms with Crippen molar-refractivity contribution >= 4 is 35.1 Å². The quantitative estimate of drug-likeness (QED) is 0.848. The van der Waals surface area contributed by atoms with Crippen LogP contribution in [-0.4, -0.2) is 33.3 Å². The van der Waals surface area contributed by atoms with E-state index < -0.39 is 22.8 Å². The third-order valence-corrected chi connectivity index (χ3v) is 2.93. The molecule has 1 atom stereocenters. The van der Waals surface area contributed by atoms with Crippen LogP contribution in [0.1, 0.15) is 18.5 Å². The van der Waals surface area contributed by atoms with Crippen molar-refractivity contribution < 1.29 is 14.7 Å². The van der Waals surface area contributed by atoms with Crippen LogP contribution in [-0.2, 0) is 4.79 Å². The molecule has 98 valence electrons. The van der Waals surface area contributed by atoms with Crippen LogP contribution in [0.3, 0.4) is 0 Å². The Labute approximate surface area is 115 Å². The molecule has 0 unspecified atom stereocenters. The summed E-state index contributed by atoms with van der Waals surface area (Å²) in [5, 5.41) is 9.12. The molecule has 1 N–H and O–H groups in total. The number of benzene rings is 1. The normalized spacial score (nSPS) is 12.2. The second-order valence-corrected chi connectivity index (χ2v) is 4.68. The van der Waals surface area contributed by atoms with Gasteiger partial charge in [0.2, 0.25) is 0 Å². The Bertz CT molecular complexity index is 423. The highest BCUT2D eigenvalue weighted by atomic mass is 35.5. The Hall–Kier alpha value is -1.26. The first kappa shape index (κ1) is 14.8. The van der Waals surface area contributed by atoms with Crippen LogP contribution in [0.25, 0.3) is 0 Å². The Morgan fingerprint density at radius 1 is 1.28 bits per heavy atom. The number of hydrogen-bond acceptors (Lipinski definition) is 2. The number of likely N-dealkylation sites (N-methyl/N-ethyl adjacent to an activating group) is 1. The molecule has 0 bridgehead atoms. The molecule has 0 saturated carbocycles. The minimum Gasteiger partial charge on any atom is -0.465 e. The van der Waals surface area contributed by atoms with E-state index in [0.717, 1.165) is 4.90 Å². The lowest BCUT2D eigenvalue weighted by Gasteiger charge is -2.27. The number of alkyl halides is 2. The van der Waals surface area contributed by atoms with Gasteiger partial charge < -0.3 is 5.11 Å². The summed E-state index contributed by atoms with van der Waals surface area (Å²) in [4.78, 5) is 22.9. The van der Waals surface area contributed by atoms with Gasteiger partial charge in [-0.25, -0.2) is 4.79 Å². The minimum absolute atomic E-state index is 0.168. The zero-order chi connectivity index (χ0) is 13.7. The molecular formula is C12H13Cl2NO3. The molecule has 0 fully saturated rings. The van der Waals surface area contributed by atoms with Crippen LogP contribution in [0.4, 0.5) is 4.79 Å². The first-order chi connectivity index (χ1) is 8.49. The van der Waals surface area contributed by atoms with E-state index in [2.05, 4.69) is 0 Å². The van der Waals surface area contributed by atoms with E-state index in [0.29, 0.717) is 5.56 Å². The number of carboxylic acid groups (broad SMARTS) is 1.